The number of rotatable bonds is 4. The number of nitrogens with zero attached hydrogens (tertiary/aromatic N) is 2. The van der Waals surface area contributed by atoms with Gasteiger partial charge in [-0.15, -0.1) is 0 Å². The lowest BCUT2D eigenvalue weighted by Crippen LogP contribution is -2.01. The Morgan fingerprint density at radius 3 is 2.61 bits per heavy atom. The summed E-state index contributed by atoms with van der Waals surface area (Å²) >= 11 is 9.51. The maximum absolute atomic E-state index is 6.10. The van der Waals surface area contributed by atoms with E-state index >= 15 is 0 Å². The van der Waals surface area contributed by atoms with E-state index in [1.54, 1.807) is 0 Å². The number of hydrogen-bond acceptors (Lipinski definition) is 3. The first-order valence-electron chi connectivity index (χ1n) is 5.72. The molecule has 1 heterocycles. The summed E-state index contributed by atoms with van der Waals surface area (Å²) in [5, 5.41) is 3.79. The monoisotopic (exact) mass is 325 g/mol. The van der Waals surface area contributed by atoms with Crippen molar-refractivity contribution in [3.8, 4) is 0 Å². The summed E-state index contributed by atoms with van der Waals surface area (Å²) in [5.74, 6) is 0.777. The normalized spacial score (nSPS) is 10.4. The third kappa shape index (κ3) is 3.21. The average molecular weight is 327 g/mol. The van der Waals surface area contributed by atoms with Crippen molar-refractivity contribution in [2.75, 3.05) is 5.32 Å². The number of hydrogen-bond donors (Lipinski definition) is 1. The van der Waals surface area contributed by atoms with Crippen LogP contribution in [-0.2, 0) is 6.42 Å². The molecule has 0 amide bonds. The molecule has 2 rings (SSSR count). The summed E-state index contributed by atoms with van der Waals surface area (Å²) in [6.45, 7) is 2.10. The third-order valence-corrected chi connectivity index (χ3v) is 3.35. The van der Waals surface area contributed by atoms with Crippen molar-refractivity contribution < 1.29 is 0 Å². The molecule has 0 spiro atoms. The van der Waals surface area contributed by atoms with Crippen LogP contribution in [0, 0.1) is 0 Å². The van der Waals surface area contributed by atoms with Crippen LogP contribution >= 0.6 is 27.5 Å². The van der Waals surface area contributed by atoms with Crippen molar-refractivity contribution in [3.05, 3.63) is 45.8 Å². The van der Waals surface area contributed by atoms with Crippen molar-refractivity contribution in [1.29, 1.82) is 0 Å². The van der Waals surface area contributed by atoms with Gasteiger partial charge in [-0.2, -0.15) is 0 Å². The molecule has 1 aromatic carbocycles. The predicted octanol–water partition coefficient (Wildman–Crippen LogP) is 4.59. The van der Waals surface area contributed by atoms with Crippen LogP contribution in [0.15, 0.2) is 35.1 Å². The van der Waals surface area contributed by atoms with Gasteiger partial charge in [0.15, 0.2) is 0 Å². The summed E-state index contributed by atoms with van der Waals surface area (Å²) < 4.78 is 1.04. The second-order valence-corrected chi connectivity index (χ2v) is 5.15. The van der Waals surface area contributed by atoms with Crippen LogP contribution in [0.25, 0.3) is 0 Å². The molecular weight excluding hydrogens is 314 g/mol. The number of anilines is 2. The SMILES string of the molecule is CCCc1c(Cl)ncnc1Nc1ccc(Br)cc1. The molecule has 5 heteroatoms. The number of nitrogens with one attached hydrogen (secondary N) is 1. The van der Waals surface area contributed by atoms with Crippen molar-refractivity contribution in [1.82, 2.24) is 9.97 Å². The molecule has 0 unspecified atom stereocenters. The van der Waals surface area contributed by atoms with Gasteiger partial charge in [0.1, 0.15) is 17.3 Å². The van der Waals surface area contributed by atoms with Crippen molar-refractivity contribution in [3.63, 3.8) is 0 Å². The van der Waals surface area contributed by atoms with E-state index in [4.69, 9.17) is 11.6 Å². The van der Waals surface area contributed by atoms with Gasteiger partial charge in [-0.3, -0.25) is 0 Å². The van der Waals surface area contributed by atoms with Gasteiger partial charge in [0.05, 0.1) is 0 Å². The first kappa shape index (κ1) is 13.3. The van der Waals surface area contributed by atoms with Crippen LogP contribution in [0.3, 0.4) is 0 Å². The van der Waals surface area contributed by atoms with Gasteiger partial charge in [0.2, 0.25) is 0 Å². The highest BCUT2D eigenvalue weighted by Gasteiger charge is 2.09. The van der Waals surface area contributed by atoms with E-state index in [-0.39, 0.29) is 0 Å². The molecule has 0 saturated carbocycles. The van der Waals surface area contributed by atoms with Crippen molar-refractivity contribution in [2.45, 2.75) is 19.8 Å². The van der Waals surface area contributed by atoms with Crippen LogP contribution in [0.4, 0.5) is 11.5 Å². The Hall–Kier alpha value is -1.13. The molecule has 0 saturated heterocycles. The van der Waals surface area contributed by atoms with Gasteiger partial charge >= 0.3 is 0 Å². The Bertz CT molecular complexity index is 528. The molecule has 0 aliphatic rings. The lowest BCUT2D eigenvalue weighted by molar-refractivity contribution is 0.904. The minimum atomic E-state index is 0.520. The van der Waals surface area contributed by atoms with E-state index in [0.717, 1.165) is 34.4 Å². The number of aromatic nitrogens is 2. The molecule has 0 atom stereocenters. The minimum Gasteiger partial charge on any atom is -0.340 e. The van der Waals surface area contributed by atoms with Crippen LogP contribution < -0.4 is 5.32 Å². The topological polar surface area (TPSA) is 37.8 Å². The molecule has 0 aliphatic heterocycles. The van der Waals surface area contributed by atoms with Gasteiger partial charge < -0.3 is 5.32 Å². The molecule has 0 fully saturated rings. The van der Waals surface area contributed by atoms with E-state index in [0.29, 0.717) is 5.15 Å². The maximum Gasteiger partial charge on any atom is 0.138 e. The smallest absolute Gasteiger partial charge is 0.138 e. The molecule has 1 N–H and O–H groups in total. The van der Waals surface area contributed by atoms with Gasteiger partial charge in [0, 0.05) is 15.7 Å². The fourth-order valence-electron chi connectivity index (χ4n) is 1.64. The maximum atomic E-state index is 6.10. The lowest BCUT2D eigenvalue weighted by atomic mass is 10.2. The number of benzene rings is 1. The Labute approximate surface area is 120 Å². The fourth-order valence-corrected chi connectivity index (χ4v) is 2.13. The van der Waals surface area contributed by atoms with E-state index in [1.807, 2.05) is 24.3 Å². The predicted molar refractivity (Wildman–Crippen MR) is 78.5 cm³/mol. The number of halogens is 2. The molecule has 94 valence electrons. The zero-order chi connectivity index (χ0) is 13.0. The molecular formula is C13H13BrClN3. The first-order valence-corrected chi connectivity index (χ1v) is 6.89. The molecule has 0 bridgehead atoms. The summed E-state index contributed by atoms with van der Waals surface area (Å²) in [7, 11) is 0. The van der Waals surface area contributed by atoms with Gasteiger partial charge in [-0.05, 0) is 30.7 Å². The highest BCUT2D eigenvalue weighted by atomic mass is 79.9. The summed E-state index contributed by atoms with van der Waals surface area (Å²) in [6.07, 6.45) is 3.34. The van der Waals surface area contributed by atoms with E-state index in [1.165, 1.54) is 6.33 Å². The minimum absolute atomic E-state index is 0.520. The zero-order valence-corrected chi connectivity index (χ0v) is 12.3. The Morgan fingerprint density at radius 1 is 1.22 bits per heavy atom. The van der Waals surface area contributed by atoms with E-state index in [9.17, 15) is 0 Å². The fraction of sp³-hybridized carbons (Fsp3) is 0.231. The van der Waals surface area contributed by atoms with Gasteiger partial charge in [-0.1, -0.05) is 40.9 Å². The Morgan fingerprint density at radius 2 is 1.94 bits per heavy atom. The van der Waals surface area contributed by atoms with E-state index in [2.05, 4.69) is 38.1 Å². The van der Waals surface area contributed by atoms with Crippen LogP contribution in [-0.4, -0.2) is 9.97 Å². The van der Waals surface area contributed by atoms with Crippen molar-refractivity contribution in [2.24, 2.45) is 0 Å². The van der Waals surface area contributed by atoms with Crippen LogP contribution in [0.1, 0.15) is 18.9 Å². The van der Waals surface area contributed by atoms with Crippen LogP contribution in [0.2, 0.25) is 5.15 Å². The van der Waals surface area contributed by atoms with E-state index < -0.39 is 0 Å². The highest BCUT2D eigenvalue weighted by molar-refractivity contribution is 9.10. The summed E-state index contributed by atoms with van der Waals surface area (Å²) in [4.78, 5) is 8.28. The van der Waals surface area contributed by atoms with Gasteiger partial charge in [0.25, 0.3) is 0 Å². The van der Waals surface area contributed by atoms with Crippen LogP contribution in [0.5, 0.6) is 0 Å². The zero-order valence-electron chi connectivity index (χ0n) is 9.95. The third-order valence-electron chi connectivity index (χ3n) is 2.50. The Balaban J connectivity index is 2.28. The lowest BCUT2D eigenvalue weighted by Gasteiger charge is -2.11. The first-order chi connectivity index (χ1) is 8.70. The Kier molecular flexibility index (Phi) is 4.55. The standard InChI is InChI=1S/C13H13BrClN3/c1-2-3-11-12(15)16-8-17-13(11)18-10-6-4-9(14)5-7-10/h4-8H,2-3H2,1H3,(H,16,17,18). The second kappa shape index (κ2) is 6.16. The molecule has 0 radical (unpaired) electrons. The summed E-state index contributed by atoms with van der Waals surface area (Å²) in [5.41, 5.74) is 1.94. The molecule has 3 nitrogen and oxygen atoms in total. The van der Waals surface area contributed by atoms with Gasteiger partial charge in [-0.25, -0.2) is 9.97 Å². The average Bonchev–Trinajstić information content (AvgIpc) is 2.36. The quantitative estimate of drug-likeness (QED) is 0.835. The molecule has 2 aromatic rings. The largest absolute Gasteiger partial charge is 0.340 e. The molecule has 18 heavy (non-hydrogen) atoms. The molecule has 1 aromatic heterocycles. The second-order valence-electron chi connectivity index (χ2n) is 3.87. The highest BCUT2D eigenvalue weighted by Crippen LogP contribution is 2.25. The van der Waals surface area contributed by atoms with Crippen molar-refractivity contribution >= 4 is 39.0 Å². The summed E-state index contributed by atoms with van der Waals surface area (Å²) in [6, 6.07) is 7.92. The molecule has 0 aliphatic carbocycles.